The molecule has 0 saturated carbocycles. The third-order valence-corrected chi connectivity index (χ3v) is 1.18. The monoisotopic (exact) mass is 180 g/mol. The fourth-order valence-corrected chi connectivity index (χ4v) is 0.654. The molecule has 0 spiro atoms. The van der Waals surface area contributed by atoms with E-state index in [4.69, 9.17) is 5.73 Å². The Morgan fingerprint density at radius 1 is 1.33 bits per heavy atom. The lowest BCUT2D eigenvalue weighted by Gasteiger charge is -2.06. The van der Waals surface area contributed by atoms with Crippen LogP contribution in [0.3, 0.4) is 0 Å². The third kappa shape index (κ3) is 1.63. The van der Waals surface area contributed by atoms with Gasteiger partial charge in [0.2, 0.25) is 0 Å². The van der Waals surface area contributed by atoms with E-state index < -0.39 is 17.6 Å². The zero-order chi connectivity index (χ0) is 9.35. The van der Waals surface area contributed by atoms with Crippen LogP contribution in [0.5, 0.6) is 0 Å². The van der Waals surface area contributed by atoms with E-state index in [0.29, 0.717) is 12.3 Å². The summed E-state index contributed by atoms with van der Waals surface area (Å²) in [6, 6.07) is 0.531. The van der Waals surface area contributed by atoms with Gasteiger partial charge < -0.3 is 5.73 Å². The molecule has 0 saturated heterocycles. The molecule has 0 bridgehead atoms. The molecule has 0 aliphatic rings. The van der Waals surface area contributed by atoms with Gasteiger partial charge in [0, 0.05) is 12.3 Å². The molecule has 6 heteroatoms. The maximum absolute atomic E-state index is 12.5. The molecule has 0 aliphatic carbocycles. The molecule has 0 aliphatic heterocycles. The second-order valence-corrected chi connectivity index (χ2v) is 2.09. The second kappa shape index (κ2) is 2.62. The number of rotatable bonds is 0. The van der Waals surface area contributed by atoms with Gasteiger partial charge in [-0.3, -0.25) is 0 Å². The lowest BCUT2D eigenvalue weighted by atomic mass is 10.2. The van der Waals surface area contributed by atoms with E-state index in [9.17, 15) is 17.6 Å². The number of hydrogen-bond donors (Lipinski definition) is 1. The van der Waals surface area contributed by atoms with Gasteiger partial charge in [-0.15, -0.1) is 0 Å². The SMILES string of the molecule is Nc1cc(F)c(C(F)(F)F)cn1. The molecule has 2 N–H and O–H groups in total. The van der Waals surface area contributed by atoms with Crippen molar-refractivity contribution in [3.8, 4) is 0 Å². The molecule has 1 rings (SSSR count). The van der Waals surface area contributed by atoms with E-state index in [0.717, 1.165) is 0 Å². The van der Waals surface area contributed by atoms with E-state index in [1.54, 1.807) is 0 Å². The van der Waals surface area contributed by atoms with Crippen molar-refractivity contribution in [2.24, 2.45) is 0 Å². The Balaban J connectivity index is 3.19. The lowest BCUT2D eigenvalue weighted by molar-refractivity contribution is -0.140. The minimum Gasteiger partial charge on any atom is -0.384 e. The first kappa shape index (κ1) is 8.76. The molecule has 0 unspecified atom stereocenters. The first-order valence-electron chi connectivity index (χ1n) is 2.89. The average Bonchev–Trinajstić information content (AvgIpc) is 1.83. The number of hydrogen-bond acceptors (Lipinski definition) is 2. The highest BCUT2D eigenvalue weighted by Gasteiger charge is 2.34. The highest BCUT2D eigenvalue weighted by atomic mass is 19.4. The Labute approximate surface area is 65.0 Å². The summed E-state index contributed by atoms with van der Waals surface area (Å²) in [6.07, 6.45) is -4.35. The Morgan fingerprint density at radius 3 is 2.33 bits per heavy atom. The van der Waals surface area contributed by atoms with Gasteiger partial charge in [0.1, 0.15) is 17.2 Å². The molecule has 1 aromatic rings. The molecule has 0 radical (unpaired) electrons. The van der Waals surface area contributed by atoms with Crippen LogP contribution in [0.4, 0.5) is 23.4 Å². The molecule has 66 valence electrons. The summed E-state index contributed by atoms with van der Waals surface area (Å²) in [6.45, 7) is 0. The van der Waals surface area contributed by atoms with E-state index >= 15 is 0 Å². The summed E-state index contributed by atoms with van der Waals surface area (Å²) in [5, 5.41) is 0. The fraction of sp³-hybridized carbons (Fsp3) is 0.167. The Bertz CT molecular complexity index is 294. The van der Waals surface area contributed by atoms with Gasteiger partial charge in [-0.05, 0) is 0 Å². The number of aromatic nitrogens is 1. The van der Waals surface area contributed by atoms with Gasteiger partial charge in [0.25, 0.3) is 0 Å². The molecule has 0 fully saturated rings. The number of nitrogens with two attached hydrogens (primary N) is 1. The molecule has 1 heterocycles. The van der Waals surface area contributed by atoms with Crippen molar-refractivity contribution in [1.29, 1.82) is 0 Å². The van der Waals surface area contributed by atoms with Gasteiger partial charge in [0.05, 0.1) is 0 Å². The van der Waals surface area contributed by atoms with Crippen LogP contribution < -0.4 is 5.73 Å². The summed E-state index contributed by atoms with van der Waals surface area (Å²) >= 11 is 0. The van der Waals surface area contributed by atoms with Crippen LogP contribution >= 0.6 is 0 Å². The number of pyridine rings is 1. The number of halogens is 4. The summed E-state index contributed by atoms with van der Waals surface area (Å²) in [5.74, 6) is -1.68. The Morgan fingerprint density at radius 2 is 1.92 bits per heavy atom. The number of nitrogen functional groups attached to an aromatic ring is 1. The van der Waals surface area contributed by atoms with Crippen molar-refractivity contribution < 1.29 is 17.6 Å². The van der Waals surface area contributed by atoms with Gasteiger partial charge in [-0.25, -0.2) is 9.37 Å². The van der Waals surface area contributed by atoms with Crippen molar-refractivity contribution in [3.05, 3.63) is 23.6 Å². The normalized spacial score (nSPS) is 11.7. The number of nitrogens with zero attached hydrogens (tertiary/aromatic N) is 1. The lowest BCUT2D eigenvalue weighted by Crippen LogP contribution is -2.09. The molecule has 2 nitrogen and oxygen atoms in total. The van der Waals surface area contributed by atoms with E-state index in [1.807, 2.05) is 0 Å². The van der Waals surface area contributed by atoms with Crippen LogP contribution in [0.2, 0.25) is 0 Å². The molecule has 1 aromatic heterocycles. The fourth-order valence-electron chi connectivity index (χ4n) is 0.654. The molecule has 0 amide bonds. The largest absolute Gasteiger partial charge is 0.420 e. The molecule has 0 atom stereocenters. The summed E-state index contributed by atoms with van der Waals surface area (Å²) in [4.78, 5) is 3.12. The van der Waals surface area contributed by atoms with E-state index in [1.165, 1.54) is 0 Å². The Kier molecular flexibility index (Phi) is 1.91. The van der Waals surface area contributed by atoms with E-state index in [-0.39, 0.29) is 5.82 Å². The summed E-state index contributed by atoms with van der Waals surface area (Å²) < 4.78 is 48.1. The number of alkyl halides is 3. The highest BCUT2D eigenvalue weighted by molar-refractivity contribution is 5.31. The molecular formula is C6H4F4N2. The van der Waals surface area contributed by atoms with E-state index in [2.05, 4.69) is 4.98 Å². The Hall–Kier alpha value is -1.33. The van der Waals surface area contributed by atoms with Crippen LogP contribution in [0, 0.1) is 5.82 Å². The zero-order valence-corrected chi connectivity index (χ0v) is 5.69. The first-order valence-corrected chi connectivity index (χ1v) is 2.89. The average molecular weight is 180 g/mol. The van der Waals surface area contributed by atoms with Crippen LogP contribution in [0.1, 0.15) is 5.56 Å². The molecule has 0 aromatic carbocycles. The van der Waals surface area contributed by atoms with Gasteiger partial charge in [-0.2, -0.15) is 13.2 Å². The predicted molar refractivity (Wildman–Crippen MR) is 33.6 cm³/mol. The number of anilines is 1. The maximum Gasteiger partial charge on any atom is 0.420 e. The molecular weight excluding hydrogens is 176 g/mol. The van der Waals surface area contributed by atoms with Gasteiger partial charge >= 0.3 is 6.18 Å². The van der Waals surface area contributed by atoms with Crippen LogP contribution in [-0.2, 0) is 6.18 Å². The van der Waals surface area contributed by atoms with Crippen molar-refractivity contribution in [3.63, 3.8) is 0 Å². The smallest absolute Gasteiger partial charge is 0.384 e. The minimum atomic E-state index is -4.72. The molecule has 12 heavy (non-hydrogen) atoms. The zero-order valence-electron chi connectivity index (χ0n) is 5.69. The van der Waals surface area contributed by atoms with Crippen molar-refractivity contribution in [1.82, 2.24) is 4.98 Å². The quantitative estimate of drug-likeness (QED) is 0.618. The minimum absolute atomic E-state index is 0.277. The third-order valence-electron chi connectivity index (χ3n) is 1.18. The van der Waals surface area contributed by atoms with Gasteiger partial charge in [-0.1, -0.05) is 0 Å². The van der Waals surface area contributed by atoms with Crippen molar-refractivity contribution in [2.45, 2.75) is 6.18 Å². The first-order chi connectivity index (χ1) is 5.41. The second-order valence-electron chi connectivity index (χ2n) is 2.09. The summed E-state index contributed by atoms with van der Waals surface area (Å²) in [5.41, 5.74) is 3.55. The summed E-state index contributed by atoms with van der Waals surface area (Å²) in [7, 11) is 0. The standard InChI is InChI=1S/C6H4F4N2/c7-4-1-5(11)12-2-3(4)6(8,9)10/h1-2H,(H2,11,12). The van der Waals surface area contributed by atoms with Crippen molar-refractivity contribution in [2.75, 3.05) is 5.73 Å². The van der Waals surface area contributed by atoms with Crippen LogP contribution in [0.25, 0.3) is 0 Å². The van der Waals surface area contributed by atoms with Crippen LogP contribution in [0.15, 0.2) is 12.3 Å². The topological polar surface area (TPSA) is 38.9 Å². The predicted octanol–water partition coefficient (Wildman–Crippen LogP) is 1.82. The van der Waals surface area contributed by atoms with Gasteiger partial charge in [0.15, 0.2) is 0 Å². The highest BCUT2D eigenvalue weighted by Crippen LogP contribution is 2.30. The van der Waals surface area contributed by atoms with Crippen molar-refractivity contribution >= 4 is 5.82 Å². The maximum atomic E-state index is 12.5. The van der Waals surface area contributed by atoms with Crippen LogP contribution in [-0.4, -0.2) is 4.98 Å².